The largest absolute Gasteiger partial charge is 0.453 e. The molecule has 0 aliphatic heterocycles. The quantitative estimate of drug-likeness (QED) is 0.0610. The van der Waals surface area contributed by atoms with Crippen LogP contribution < -0.4 is 0 Å². The van der Waals surface area contributed by atoms with Gasteiger partial charge in [-0.15, -0.1) is 0 Å². The molecule has 0 unspecified atom stereocenters. The van der Waals surface area contributed by atoms with Crippen LogP contribution in [0.4, 0.5) is 0 Å². The molecule has 8 rings (SSSR count). The number of rotatable bonds is 19. The summed E-state index contributed by atoms with van der Waals surface area (Å²) in [6.45, 7) is 1.80. The van der Waals surface area contributed by atoms with Crippen molar-refractivity contribution < 1.29 is 38.7 Å². The molecule has 8 nitrogen and oxygen atoms in total. The molecule has 0 saturated carbocycles. The molecule has 342 valence electrons. The molecule has 4 atom stereocenters. The molecule has 0 saturated heterocycles. The maximum atomic E-state index is 14.2. The fourth-order valence-corrected chi connectivity index (χ4v) is 8.76. The average Bonchev–Trinajstić information content (AvgIpc) is 3.40. The summed E-state index contributed by atoms with van der Waals surface area (Å²) < 4.78 is 27.1. The van der Waals surface area contributed by atoms with Gasteiger partial charge in [-0.1, -0.05) is 218 Å². The molecule has 0 aromatic heterocycles. The lowest BCUT2D eigenvalue weighted by Gasteiger charge is -2.48. The molecule has 68 heavy (non-hydrogen) atoms. The van der Waals surface area contributed by atoms with Gasteiger partial charge in [-0.05, 0) is 71.5 Å². The van der Waals surface area contributed by atoms with Gasteiger partial charge >= 0.3 is 11.9 Å². The van der Waals surface area contributed by atoms with E-state index in [9.17, 15) is 19.8 Å². The molecule has 0 radical (unpaired) electrons. The highest BCUT2D eigenvalue weighted by Gasteiger charge is 2.57. The van der Waals surface area contributed by atoms with E-state index in [4.69, 9.17) is 18.9 Å². The number of esters is 2. The van der Waals surface area contributed by atoms with E-state index < -0.39 is 59.8 Å². The highest BCUT2D eigenvalue weighted by atomic mass is 16.6. The fourth-order valence-electron chi connectivity index (χ4n) is 8.76. The van der Waals surface area contributed by atoms with Gasteiger partial charge in [0.05, 0.1) is 24.3 Å². The molecule has 0 amide bonds. The van der Waals surface area contributed by atoms with E-state index in [-0.39, 0.29) is 11.1 Å². The predicted molar refractivity (Wildman–Crippen MR) is 263 cm³/mol. The summed E-state index contributed by atoms with van der Waals surface area (Å²) in [6, 6.07) is 74.7. The van der Waals surface area contributed by atoms with Crippen LogP contribution in [0.2, 0.25) is 0 Å². The lowest BCUT2D eigenvalue weighted by molar-refractivity contribution is -0.244. The Kier molecular flexibility index (Phi) is 14.5. The predicted octanol–water partition coefficient (Wildman–Crippen LogP) is 11.0. The van der Waals surface area contributed by atoms with Crippen LogP contribution in [0, 0.1) is 0 Å². The maximum Gasteiger partial charge on any atom is 0.338 e. The van der Waals surface area contributed by atoms with Crippen LogP contribution in [-0.2, 0) is 30.1 Å². The molecule has 0 spiro atoms. The zero-order valence-corrected chi connectivity index (χ0v) is 38.0. The maximum absolute atomic E-state index is 14.2. The summed E-state index contributed by atoms with van der Waals surface area (Å²) in [7, 11) is 0. The number of hydrogen-bond donors (Lipinski definition) is 2. The monoisotopic (exact) mass is 902 g/mol. The van der Waals surface area contributed by atoms with Crippen molar-refractivity contribution >= 4 is 11.9 Å². The highest BCUT2D eigenvalue weighted by Crippen LogP contribution is 2.44. The first-order chi connectivity index (χ1) is 33.1. The van der Waals surface area contributed by atoms with E-state index in [0.29, 0.717) is 0 Å². The second-order valence-corrected chi connectivity index (χ2v) is 17.0. The average molecular weight is 903 g/mol. The molecular weight excluding hydrogens is 849 g/mol. The number of hydrogen-bond acceptors (Lipinski definition) is 8. The zero-order valence-electron chi connectivity index (χ0n) is 38.0. The Morgan fingerprint density at radius 3 is 0.750 bits per heavy atom. The molecule has 8 heteroatoms. The molecule has 8 aromatic carbocycles. The normalized spacial score (nSPS) is 14.4. The van der Waals surface area contributed by atoms with Gasteiger partial charge < -0.3 is 29.2 Å². The van der Waals surface area contributed by atoms with Crippen LogP contribution >= 0.6 is 0 Å². The Balaban J connectivity index is 1.26. The minimum atomic E-state index is -2.44. The van der Waals surface area contributed by atoms with Gasteiger partial charge in [0.2, 0.25) is 0 Å². The van der Waals surface area contributed by atoms with Crippen LogP contribution in [-0.4, -0.2) is 58.8 Å². The second kappa shape index (κ2) is 21.0. The first kappa shape index (κ1) is 47.0. The second-order valence-electron chi connectivity index (χ2n) is 17.0. The Bertz CT molecular complexity index is 2420. The van der Waals surface area contributed by atoms with E-state index in [0.717, 1.165) is 33.4 Å². The molecule has 2 N–H and O–H groups in total. The van der Waals surface area contributed by atoms with E-state index in [1.165, 1.54) is 13.8 Å². The molecule has 0 aliphatic rings. The number of carbonyl (C=O) groups is 2. The lowest BCUT2D eigenvalue weighted by Crippen LogP contribution is -2.67. The van der Waals surface area contributed by atoms with Crippen molar-refractivity contribution in [2.45, 2.75) is 48.5 Å². The summed E-state index contributed by atoms with van der Waals surface area (Å²) in [6.07, 6.45) is -3.22. The third kappa shape index (κ3) is 9.67. The molecular formula is C60H54O8. The first-order valence-corrected chi connectivity index (χ1v) is 22.7. The number of ether oxygens (including phenoxy) is 4. The van der Waals surface area contributed by atoms with Gasteiger partial charge in [0.1, 0.15) is 22.4 Å². The van der Waals surface area contributed by atoms with E-state index in [1.807, 2.05) is 182 Å². The minimum Gasteiger partial charge on any atom is -0.453 e. The van der Waals surface area contributed by atoms with Crippen LogP contribution in [0.15, 0.2) is 243 Å². The minimum absolute atomic E-state index is 0.210. The fraction of sp³-hybridized carbons (Fsp3) is 0.167. The van der Waals surface area contributed by atoms with Gasteiger partial charge in [0, 0.05) is 0 Å². The van der Waals surface area contributed by atoms with Crippen LogP contribution in [0.5, 0.6) is 0 Å². The van der Waals surface area contributed by atoms with E-state index in [2.05, 4.69) is 0 Å². The smallest absolute Gasteiger partial charge is 0.338 e. The number of benzene rings is 8. The Morgan fingerprint density at radius 1 is 0.353 bits per heavy atom. The first-order valence-electron chi connectivity index (χ1n) is 22.7. The highest BCUT2D eigenvalue weighted by molar-refractivity contribution is 5.90. The van der Waals surface area contributed by atoms with Crippen LogP contribution in [0.1, 0.15) is 67.9 Å². The third-order valence-electron chi connectivity index (χ3n) is 12.8. The summed E-state index contributed by atoms with van der Waals surface area (Å²) in [5.74, 6) is -1.55. The molecule has 0 bridgehead atoms. The van der Waals surface area contributed by atoms with Crippen molar-refractivity contribution in [1.29, 1.82) is 0 Å². The topological polar surface area (TPSA) is 112 Å². The van der Waals surface area contributed by atoms with Crippen LogP contribution in [0.3, 0.4) is 0 Å². The Hall–Kier alpha value is -7.46. The van der Waals surface area contributed by atoms with Gasteiger partial charge in [-0.25, -0.2) is 9.59 Å². The van der Waals surface area contributed by atoms with Crippen molar-refractivity contribution in [3.8, 4) is 0 Å². The molecule has 0 fully saturated rings. The van der Waals surface area contributed by atoms with E-state index in [1.54, 1.807) is 60.7 Å². The van der Waals surface area contributed by atoms with Gasteiger partial charge in [-0.3, -0.25) is 0 Å². The van der Waals surface area contributed by atoms with Crippen molar-refractivity contribution in [2.24, 2.45) is 0 Å². The SMILES string of the molecule is C[C@@](O)([C@@H](COC(c1ccccc1)(c1ccccc1)c1ccccc1)OC(=O)c1ccccc1)[C@](C)(O)[C@@H](COC(c1ccccc1)(c1ccccc1)c1ccccc1)OC(=O)c1ccccc1. The standard InChI is InChI=1S/C60H54O8/c1-57(63,53(67-55(61)45-27-11-3-12-28-45)43-65-59(47-31-15-5-16-32-47,48-33-17-6-18-34-48)49-35-19-7-20-36-49)58(2,64)54(68-56(62)46-29-13-4-14-30-46)44-66-60(50-37-21-8-22-38-50,51-39-23-9-24-40-51)52-41-25-10-26-42-52/h3-42,53-54,63-64H,43-44H2,1-2H3/t53-,54-,57-,58-/m1/s1. The van der Waals surface area contributed by atoms with E-state index >= 15 is 0 Å². The summed E-state index contributed by atoms with van der Waals surface area (Å²) in [5, 5.41) is 26.6. The zero-order chi connectivity index (χ0) is 47.5. The van der Waals surface area contributed by atoms with Gasteiger partial charge in [0.15, 0.2) is 12.2 Å². The van der Waals surface area contributed by atoms with Crippen molar-refractivity contribution in [2.75, 3.05) is 13.2 Å². The summed E-state index contributed by atoms with van der Waals surface area (Å²) in [4.78, 5) is 28.5. The van der Waals surface area contributed by atoms with Crippen molar-refractivity contribution in [3.63, 3.8) is 0 Å². The lowest BCUT2D eigenvalue weighted by atomic mass is 9.76. The molecule has 8 aromatic rings. The van der Waals surface area contributed by atoms with Gasteiger partial charge in [-0.2, -0.15) is 0 Å². The number of aliphatic hydroxyl groups is 2. The molecule has 0 aliphatic carbocycles. The summed E-state index contributed by atoms with van der Waals surface area (Å²) in [5.41, 5.74) is -2.50. The Morgan fingerprint density at radius 2 is 0.544 bits per heavy atom. The molecule has 0 heterocycles. The van der Waals surface area contributed by atoms with Gasteiger partial charge in [0.25, 0.3) is 0 Å². The van der Waals surface area contributed by atoms with Crippen molar-refractivity contribution in [3.05, 3.63) is 287 Å². The third-order valence-corrected chi connectivity index (χ3v) is 12.8. The number of carbonyl (C=O) groups excluding carboxylic acids is 2. The van der Waals surface area contributed by atoms with Crippen molar-refractivity contribution in [1.82, 2.24) is 0 Å². The summed E-state index contributed by atoms with van der Waals surface area (Å²) >= 11 is 0. The van der Waals surface area contributed by atoms with Crippen LogP contribution in [0.25, 0.3) is 0 Å². The Labute approximate surface area is 398 Å².